The van der Waals surface area contributed by atoms with Gasteiger partial charge in [-0.05, 0) is 53.6 Å². The van der Waals surface area contributed by atoms with Gasteiger partial charge in [0.2, 0.25) is 0 Å². The van der Waals surface area contributed by atoms with Gasteiger partial charge in [0, 0.05) is 11.6 Å². The second-order valence-electron chi connectivity index (χ2n) is 6.31. The van der Waals surface area contributed by atoms with Crippen molar-refractivity contribution in [1.29, 1.82) is 0 Å². The minimum Gasteiger partial charge on any atom is -0.378 e. The summed E-state index contributed by atoms with van der Waals surface area (Å²) in [4.78, 5) is 0. The van der Waals surface area contributed by atoms with E-state index in [0.29, 0.717) is 11.8 Å². The molecule has 0 saturated carbocycles. The normalized spacial score (nSPS) is 25.5. The van der Waals surface area contributed by atoms with E-state index in [4.69, 9.17) is 0 Å². The van der Waals surface area contributed by atoms with Crippen molar-refractivity contribution >= 4 is 5.69 Å². The number of hydrogen-bond donors (Lipinski definition) is 1. The predicted molar refractivity (Wildman–Crippen MR) is 88.6 cm³/mol. The van der Waals surface area contributed by atoms with Gasteiger partial charge in [0.15, 0.2) is 0 Å². The van der Waals surface area contributed by atoms with Crippen LogP contribution in [0.3, 0.4) is 0 Å². The van der Waals surface area contributed by atoms with Crippen LogP contribution in [0.15, 0.2) is 54.6 Å². The van der Waals surface area contributed by atoms with Gasteiger partial charge in [-0.15, -0.1) is 0 Å². The Morgan fingerprint density at radius 2 is 2.09 bits per heavy atom. The Labute approximate surface area is 130 Å². The van der Waals surface area contributed by atoms with Gasteiger partial charge in [-0.1, -0.05) is 43.3 Å². The molecule has 2 heteroatoms. The highest BCUT2D eigenvalue weighted by molar-refractivity contribution is 5.60. The molecule has 1 nitrogen and oxygen atoms in total. The summed E-state index contributed by atoms with van der Waals surface area (Å²) < 4.78 is 13.6. The third-order valence-corrected chi connectivity index (χ3v) is 5.04. The van der Waals surface area contributed by atoms with Crippen molar-refractivity contribution in [3.8, 4) is 0 Å². The summed E-state index contributed by atoms with van der Waals surface area (Å²) in [6.45, 7) is 2.19. The highest BCUT2D eigenvalue weighted by atomic mass is 19.1. The van der Waals surface area contributed by atoms with Gasteiger partial charge < -0.3 is 5.32 Å². The molecule has 0 radical (unpaired) electrons. The Bertz CT molecular complexity index is 734. The van der Waals surface area contributed by atoms with E-state index in [1.807, 2.05) is 6.07 Å². The van der Waals surface area contributed by atoms with Crippen molar-refractivity contribution < 1.29 is 4.39 Å². The summed E-state index contributed by atoms with van der Waals surface area (Å²) in [5, 5.41) is 3.66. The second kappa shape index (κ2) is 5.28. The number of aryl methyl sites for hydroxylation is 1. The Kier molecular flexibility index (Phi) is 3.25. The van der Waals surface area contributed by atoms with Crippen molar-refractivity contribution in [2.75, 3.05) is 5.32 Å². The van der Waals surface area contributed by atoms with Crippen LogP contribution >= 0.6 is 0 Å². The van der Waals surface area contributed by atoms with Crippen LogP contribution in [0.25, 0.3) is 0 Å². The number of nitrogens with one attached hydrogen (secondary N) is 1. The van der Waals surface area contributed by atoms with Crippen molar-refractivity contribution in [2.45, 2.75) is 31.7 Å². The molecular weight excluding hydrogens is 273 g/mol. The molecule has 0 unspecified atom stereocenters. The van der Waals surface area contributed by atoms with Gasteiger partial charge >= 0.3 is 0 Å². The van der Waals surface area contributed by atoms with E-state index >= 15 is 0 Å². The van der Waals surface area contributed by atoms with Gasteiger partial charge in [0.1, 0.15) is 5.82 Å². The standard InChI is InChI=1S/C20H20FN/c1-2-13-9-10-19-18(11-13)16-7-4-8-17(16)20(22-19)14-5-3-6-15(21)12-14/h3-7,9-12,16-17,20,22H,2,8H2,1H3/t16-,17-,20+/m1/s1. The average Bonchev–Trinajstić information content (AvgIpc) is 3.03. The maximum Gasteiger partial charge on any atom is 0.123 e. The highest BCUT2D eigenvalue weighted by Gasteiger charge is 2.37. The fourth-order valence-corrected chi connectivity index (χ4v) is 3.89. The van der Waals surface area contributed by atoms with Crippen molar-refractivity contribution in [1.82, 2.24) is 0 Å². The molecule has 0 amide bonds. The number of benzene rings is 2. The number of fused-ring (bicyclic) bond motifs is 3. The number of halogens is 1. The van der Waals surface area contributed by atoms with Crippen LogP contribution in [0.1, 0.15) is 42.0 Å². The summed E-state index contributed by atoms with van der Waals surface area (Å²) in [7, 11) is 0. The Hall–Kier alpha value is -2.09. The van der Waals surface area contributed by atoms with E-state index in [1.165, 1.54) is 22.9 Å². The molecule has 0 saturated heterocycles. The predicted octanol–water partition coefficient (Wildman–Crippen LogP) is 5.21. The van der Waals surface area contributed by atoms with Crippen LogP contribution < -0.4 is 5.32 Å². The first-order valence-electron chi connectivity index (χ1n) is 8.07. The van der Waals surface area contributed by atoms with Gasteiger partial charge in [0.05, 0.1) is 6.04 Å². The van der Waals surface area contributed by atoms with Gasteiger partial charge in [-0.25, -0.2) is 4.39 Å². The molecule has 4 rings (SSSR count). The number of hydrogen-bond acceptors (Lipinski definition) is 1. The van der Waals surface area contributed by atoms with Crippen molar-refractivity contribution in [3.63, 3.8) is 0 Å². The topological polar surface area (TPSA) is 12.0 Å². The van der Waals surface area contributed by atoms with Crippen molar-refractivity contribution in [3.05, 3.63) is 77.1 Å². The molecule has 0 bridgehead atoms. The van der Waals surface area contributed by atoms with Crippen LogP contribution in [-0.2, 0) is 6.42 Å². The SMILES string of the molecule is CCc1ccc2c(c1)[C@@H]1C=CC[C@H]1[C@H](c1cccc(F)c1)N2. The van der Waals surface area contributed by atoms with E-state index in [9.17, 15) is 4.39 Å². The summed E-state index contributed by atoms with van der Waals surface area (Å²) in [6.07, 6.45) is 6.71. The molecule has 0 fully saturated rings. The smallest absolute Gasteiger partial charge is 0.123 e. The molecule has 0 spiro atoms. The molecule has 2 aromatic rings. The minimum atomic E-state index is -0.158. The summed E-state index contributed by atoms with van der Waals surface area (Å²) in [5.74, 6) is 0.756. The lowest BCUT2D eigenvalue weighted by Gasteiger charge is -2.37. The molecule has 2 aromatic carbocycles. The maximum absolute atomic E-state index is 13.6. The zero-order valence-electron chi connectivity index (χ0n) is 12.7. The number of rotatable bonds is 2. The van der Waals surface area contributed by atoms with Crippen molar-refractivity contribution in [2.24, 2.45) is 5.92 Å². The fourth-order valence-electron chi connectivity index (χ4n) is 3.89. The monoisotopic (exact) mass is 293 g/mol. The Morgan fingerprint density at radius 3 is 2.91 bits per heavy atom. The summed E-state index contributed by atoms with van der Waals surface area (Å²) in [6, 6.07) is 13.9. The van der Waals surface area contributed by atoms with Crippen LogP contribution in [0.2, 0.25) is 0 Å². The zero-order valence-corrected chi connectivity index (χ0v) is 12.7. The van der Waals surface area contributed by atoms with Gasteiger partial charge in [-0.2, -0.15) is 0 Å². The third kappa shape index (κ3) is 2.14. The first-order valence-corrected chi connectivity index (χ1v) is 8.07. The fraction of sp³-hybridized carbons (Fsp3) is 0.300. The molecule has 2 aliphatic rings. The highest BCUT2D eigenvalue weighted by Crippen LogP contribution is 2.49. The lowest BCUT2D eigenvalue weighted by Crippen LogP contribution is -2.29. The minimum absolute atomic E-state index is 0.158. The largest absolute Gasteiger partial charge is 0.378 e. The molecule has 1 aliphatic carbocycles. The Balaban J connectivity index is 1.78. The van der Waals surface area contributed by atoms with E-state index in [2.05, 4.69) is 42.6 Å². The Morgan fingerprint density at radius 1 is 1.18 bits per heavy atom. The molecule has 1 aliphatic heterocycles. The molecule has 1 N–H and O–H groups in total. The number of allylic oxidation sites excluding steroid dienone is 2. The van der Waals surface area contributed by atoms with E-state index in [1.54, 1.807) is 12.1 Å². The molecule has 22 heavy (non-hydrogen) atoms. The lowest BCUT2D eigenvalue weighted by molar-refractivity contribution is 0.424. The maximum atomic E-state index is 13.6. The number of anilines is 1. The molecular formula is C20H20FN. The van der Waals surface area contributed by atoms with E-state index in [-0.39, 0.29) is 11.9 Å². The van der Waals surface area contributed by atoms with Crippen LogP contribution in [-0.4, -0.2) is 0 Å². The van der Waals surface area contributed by atoms with Crippen LogP contribution in [0, 0.1) is 11.7 Å². The molecule has 0 aromatic heterocycles. The van der Waals surface area contributed by atoms with E-state index in [0.717, 1.165) is 18.4 Å². The van der Waals surface area contributed by atoms with Crippen LogP contribution in [0.5, 0.6) is 0 Å². The van der Waals surface area contributed by atoms with E-state index < -0.39 is 0 Å². The molecule has 3 atom stereocenters. The molecule has 112 valence electrons. The zero-order chi connectivity index (χ0) is 15.1. The lowest BCUT2D eigenvalue weighted by atomic mass is 9.76. The first-order chi connectivity index (χ1) is 10.8. The summed E-state index contributed by atoms with van der Waals surface area (Å²) >= 11 is 0. The first kappa shape index (κ1) is 13.6. The summed E-state index contributed by atoms with van der Waals surface area (Å²) in [5.41, 5.74) is 5.01. The third-order valence-electron chi connectivity index (χ3n) is 5.04. The average molecular weight is 293 g/mol. The van der Waals surface area contributed by atoms with Gasteiger partial charge in [0.25, 0.3) is 0 Å². The molecule has 1 heterocycles. The quantitative estimate of drug-likeness (QED) is 0.749. The second-order valence-corrected chi connectivity index (χ2v) is 6.31. The van der Waals surface area contributed by atoms with Crippen LogP contribution in [0.4, 0.5) is 10.1 Å². The van der Waals surface area contributed by atoms with Gasteiger partial charge in [-0.3, -0.25) is 0 Å².